The van der Waals surface area contributed by atoms with E-state index >= 15 is 0 Å². The van der Waals surface area contributed by atoms with Crippen LogP contribution < -0.4 is 24.8 Å². The van der Waals surface area contributed by atoms with E-state index in [1.807, 2.05) is 15.4 Å². The van der Waals surface area contributed by atoms with Crippen LogP contribution >= 0.6 is 0 Å². The van der Waals surface area contributed by atoms with Gasteiger partial charge in [0, 0.05) is 10.8 Å². The van der Waals surface area contributed by atoms with Gasteiger partial charge in [0.05, 0.1) is 0 Å². The Hall–Kier alpha value is -0.760. The second-order valence-electron chi connectivity index (χ2n) is 17.5. The van der Waals surface area contributed by atoms with Crippen molar-refractivity contribution in [3.8, 4) is 0 Å². The Labute approximate surface area is 314 Å². The Kier molecular flexibility index (Phi) is 9.95. The Balaban J connectivity index is 0.000000197. The van der Waals surface area contributed by atoms with Crippen LogP contribution in [0.4, 0.5) is 0 Å². The molecule has 47 heavy (non-hydrogen) atoms. The van der Waals surface area contributed by atoms with E-state index in [0.29, 0.717) is 5.92 Å². The molecular formula is C44H56Cl2Hf-2. The number of allylic oxidation sites excluding steroid dienone is 16. The Morgan fingerprint density at radius 1 is 0.681 bits per heavy atom. The van der Waals surface area contributed by atoms with E-state index in [9.17, 15) is 0 Å². The van der Waals surface area contributed by atoms with Gasteiger partial charge < -0.3 is 31.2 Å². The summed E-state index contributed by atoms with van der Waals surface area (Å²) in [5.41, 5.74) is 1.73. The minimum atomic E-state index is 0. The molecule has 8 atom stereocenters. The molecule has 8 unspecified atom stereocenters. The van der Waals surface area contributed by atoms with E-state index < -0.39 is 0 Å². The zero-order chi connectivity index (χ0) is 32.1. The quantitative estimate of drug-likeness (QED) is 0.235. The first-order chi connectivity index (χ1) is 21.2. The van der Waals surface area contributed by atoms with Gasteiger partial charge in [-0.15, -0.1) is 23.8 Å². The third-order valence-corrected chi connectivity index (χ3v) is 19.6. The molecule has 252 valence electrons. The van der Waals surface area contributed by atoms with E-state index in [1.165, 1.54) is 29.5 Å². The Morgan fingerprint density at radius 3 is 1.68 bits per heavy atom. The summed E-state index contributed by atoms with van der Waals surface area (Å²) in [6, 6.07) is 0. The SMILES string of the molecule is CC1=CC=CC2[CH-]C3(C)C4(C)C=CC=CC4(C)C4(C)C=CC=CC4(C)C3(C)C12C.[C-]1=CC=CC1.[Cl-].[Cl-].[Hf+2]=[C]1C2CC3CC(C2)CC1C3. The number of halogens is 2. The molecule has 0 radical (unpaired) electrons. The van der Waals surface area contributed by atoms with Crippen LogP contribution in [0, 0.1) is 80.0 Å². The third-order valence-electron chi connectivity index (χ3n) is 16.6. The van der Waals surface area contributed by atoms with Crippen molar-refractivity contribution in [2.75, 3.05) is 0 Å². The van der Waals surface area contributed by atoms with E-state index in [-0.39, 0.29) is 62.7 Å². The molecule has 10 aliphatic carbocycles. The van der Waals surface area contributed by atoms with Crippen LogP contribution in [0.2, 0.25) is 0 Å². The molecule has 4 bridgehead atoms. The molecular weight excluding hydrogens is 778 g/mol. The molecule has 0 amide bonds. The fourth-order valence-electron chi connectivity index (χ4n) is 13.3. The molecule has 0 N–H and O–H groups in total. The fourth-order valence-corrected chi connectivity index (χ4v) is 15.0. The summed E-state index contributed by atoms with van der Waals surface area (Å²) < 4.78 is 2.01. The van der Waals surface area contributed by atoms with Crippen molar-refractivity contribution in [1.29, 1.82) is 0 Å². The van der Waals surface area contributed by atoms with Crippen LogP contribution in [-0.4, -0.2) is 3.26 Å². The maximum atomic E-state index is 2.99. The molecule has 0 nitrogen and oxygen atoms in total. The van der Waals surface area contributed by atoms with Gasteiger partial charge in [0.2, 0.25) is 0 Å². The van der Waals surface area contributed by atoms with Crippen molar-refractivity contribution >= 4 is 3.26 Å². The predicted molar refractivity (Wildman–Crippen MR) is 188 cm³/mol. The molecule has 0 aromatic heterocycles. The average Bonchev–Trinajstić information content (AvgIpc) is 3.66. The van der Waals surface area contributed by atoms with Crippen molar-refractivity contribution in [3.05, 3.63) is 103 Å². The number of hydrogen-bond acceptors (Lipinski definition) is 0. The summed E-state index contributed by atoms with van der Waals surface area (Å²) in [4.78, 5) is 0. The first-order valence-corrected chi connectivity index (χ1v) is 19.8. The summed E-state index contributed by atoms with van der Waals surface area (Å²) >= 11 is 1.41. The van der Waals surface area contributed by atoms with E-state index in [2.05, 4.69) is 141 Å². The minimum absolute atomic E-state index is 0. The van der Waals surface area contributed by atoms with Crippen LogP contribution in [0.25, 0.3) is 0 Å². The molecule has 0 aliphatic heterocycles. The first kappa shape index (κ1) is 37.5. The molecule has 0 heterocycles. The summed E-state index contributed by atoms with van der Waals surface area (Å²) in [6.07, 6.45) is 47.2. The van der Waals surface area contributed by atoms with Gasteiger partial charge in [-0.1, -0.05) is 115 Å². The monoisotopic (exact) mass is 834 g/mol. The first-order valence-electron chi connectivity index (χ1n) is 18.0. The van der Waals surface area contributed by atoms with Crippen LogP contribution in [0.5, 0.6) is 0 Å². The fraction of sp³-hybridized carbons (Fsp3) is 0.591. The molecule has 0 saturated heterocycles. The zero-order valence-electron chi connectivity index (χ0n) is 30.0. The van der Waals surface area contributed by atoms with Crippen LogP contribution in [0.3, 0.4) is 0 Å². The van der Waals surface area contributed by atoms with Gasteiger partial charge in [-0.2, -0.15) is 6.08 Å². The molecule has 10 aliphatic rings. The van der Waals surface area contributed by atoms with Crippen molar-refractivity contribution in [1.82, 2.24) is 0 Å². The van der Waals surface area contributed by atoms with Gasteiger partial charge in [-0.3, -0.25) is 6.08 Å². The molecule has 6 saturated carbocycles. The van der Waals surface area contributed by atoms with Crippen LogP contribution in [-0.2, 0) is 23.9 Å². The van der Waals surface area contributed by atoms with Crippen LogP contribution in [0.15, 0.2) is 90.6 Å². The predicted octanol–water partition coefficient (Wildman–Crippen LogP) is 5.12. The molecule has 0 aromatic carbocycles. The third kappa shape index (κ3) is 4.56. The normalized spacial score (nSPS) is 50.9. The number of rotatable bonds is 0. The number of hydrogen-bond donors (Lipinski definition) is 0. The topological polar surface area (TPSA) is 0 Å². The van der Waals surface area contributed by atoms with Crippen molar-refractivity contribution < 1.29 is 48.7 Å². The molecule has 3 heteroatoms. The van der Waals surface area contributed by atoms with Gasteiger partial charge >= 0.3 is 82.9 Å². The van der Waals surface area contributed by atoms with Gasteiger partial charge in [-0.25, -0.2) is 12.2 Å². The molecule has 0 aromatic rings. The van der Waals surface area contributed by atoms with E-state index in [0.717, 1.165) is 30.1 Å². The second kappa shape index (κ2) is 12.5. The van der Waals surface area contributed by atoms with Crippen molar-refractivity contribution in [2.24, 2.45) is 67.5 Å². The van der Waals surface area contributed by atoms with Gasteiger partial charge in [0.15, 0.2) is 0 Å². The summed E-state index contributed by atoms with van der Waals surface area (Å²) in [7, 11) is 0. The van der Waals surface area contributed by atoms with E-state index in [4.69, 9.17) is 0 Å². The van der Waals surface area contributed by atoms with Gasteiger partial charge in [0.1, 0.15) is 0 Å². The standard InChI is InChI=1S/C29H37.C10H14.C5H5.2ClH.Hf/c1-21-14-13-15-22-20-27(6)25(4)18-10-9-16-23(25,2)24(3)17-11-12-19-26(24,5)29(27,8)28(21,22)7;1-7-2-9-4-8(1)5-10(3-7)6-9;1-2-4-5-3-1;;;/h9-20,22H,1-8H3;7-10H,1-5H2;1-3H,4H2;2*1H;/q-1;;-1;;;+2/p-2. The van der Waals surface area contributed by atoms with Crippen molar-refractivity contribution in [3.63, 3.8) is 0 Å². The maximum absolute atomic E-state index is 2.99. The Bertz CT molecular complexity index is 1480. The summed E-state index contributed by atoms with van der Waals surface area (Å²) in [6.45, 7) is 20.3. The van der Waals surface area contributed by atoms with Crippen LogP contribution in [0.1, 0.15) is 93.9 Å². The molecule has 6 fully saturated rings. The van der Waals surface area contributed by atoms with Crippen molar-refractivity contribution in [2.45, 2.75) is 93.9 Å². The van der Waals surface area contributed by atoms with Gasteiger partial charge in [0.25, 0.3) is 0 Å². The van der Waals surface area contributed by atoms with E-state index in [1.54, 1.807) is 32.1 Å². The summed E-state index contributed by atoms with van der Waals surface area (Å²) in [5.74, 6) is 5.03. The number of fused-ring (bicyclic) bond motifs is 8. The second-order valence-corrected chi connectivity index (χ2v) is 19.5. The molecule has 0 spiro atoms. The zero-order valence-corrected chi connectivity index (χ0v) is 35.2. The average molecular weight is 834 g/mol. The van der Waals surface area contributed by atoms with Gasteiger partial charge in [-0.05, 0) is 28.6 Å². The Morgan fingerprint density at radius 2 is 1.19 bits per heavy atom. The summed E-state index contributed by atoms with van der Waals surface area (Å²) in [5, 5.41) is 0. The molecule has 10 rings (SSSR count).